The summed E-state index contributed by atoms with van der Waals surface area (Å²) < 4.78 is 24.0. The molecule has 0 aromatic heterocycles. The second kappa shape index (κ2) is 7.50. The van der Waals surface area contributed by atoms with E-state index in [-0.39, 0.29) is 0 Å². The van der Waals surface area contributed by atoms with Crippen LogP contribution in [0.1, 0.15) is 0 Å². The summed E-state index contributed by atoms with van der Waals surface area (Å²) in [5.74, 6) is 0.728. The van der Waals surface area contributed by atoms with Crippen molar-refractivity contribution < 1.29 is 13.6 Å². The molecule has 0 fully saturated rings. The largest absolute Gasteiger partial charge is 0.427 e. The van der Waals surface area contributed by atoms with Crippen LogP contribution in [0.3, 0.4) is 0 Å². The van der Waals surface area contributed by atoms with Crippen molar-refractivity contribution in [1.82, 2.24) is 0 Å². The Morgan fingerprint density at radius 1 is 0.714 bits per heavy atom. The molecule has 4 rings (SSSR count). The average molecular weight is 452 g/mol. The van der Waals surface area contributed by atoms with Crippen LogP contribution in [0, 0.1) is 0 Å². The van der Waals surface area contributed by atoms with Crippen molar-refractivity contribution in [2.45, 2.75) is 0 Å². The third-order valence-electron chi connectivity index (χ3n) is 4.13. The molecule has 142 valence electrons. The molecule has 0 heterocycles. The summed E-state index contributed by atoms with van der Waals surface area (Å²) in [5.41, 5.74) is 0. The first-order valence-electron chi connectivity index (χ1n) is 8.34. The Kier molecular flexibility index (Phi) is 5.20. The lowest BCUT2D eigenvalue weighted by Gasteiger charge is -2.17. The van der Waals surface area contributed by atoms with E-state index in [0.717, 1.165) is 21.5 Å². The van der Waals surface area contributed by atoms with E-state index in [1.165, 1.54) is 6.66 Å². The highest BCUT2D eigenvalue weighted by Crippen LogP contribution is 2.46. The predicted molar refractivity (Wildman–Crippen MR) is 118 cm³/mol. The van der Waals surface area contributed by atoms with Gasteiger partial charge in [0.2, 0.25) is 0 Å². The number of hydrogen-bond acceptors (Lipinski definition) is 3. The average Bonchev–Trinajstić information content (AvgIpc) is 2.59. The van der Waals surface area contributed by atoms with Crippen LogP contribution >= 0.6 is 42.4 Å². The van der Waals surface area contributed by atoms with Gasteiger partial charge in [-0.05, 0) is 70.8 Å². The van der Waals surface area contributed by atoms with Gasteiger partial charge in [0, 0.05) is 15.4 Å². The van der Waals surface area contributed by atoms with Crippen LogP contribution < -0.4 is 9.05 Å². The van der Waals surface area contributed by atoms with Gasteiger partial charge in [0.1, 0.15) is 11.5 Å². The molecule has 1 atom stereocenters. The minimum absolute atomic E-state index is 0.360. The van der Waals surface area contributed by atoms with E-state index >= 15 is 0 Å². The minimum atomic E-state index is -3.44. The van der Waals surface area contributed by atoms with Crippen LogP contribution in [0.15, 0.2) is 66.7 Å². The maximum atomic E-state index is 12.8. The summed E-state index contributed by atoms with van der Waals surface area (Å²) >= 11 is 18.5. The molecule has 28 heavy (non-hydrogen) atoms. The molecule has 0 aliphatic rings. The van der Waals surface area contributed by atoms with Crippen LogP contribution in [0.4, 0.5) is 0 Å². The summed E-state index contributed by atoms with van der Waals surface area (Å²) in [6.45, 7) is 1.40. The Morgan fingerprint density at radius 3 is 2.25 bits per heavy atom. The monoisotopic (exact) mass is 450 g/mol. The molecule has 0 saturated carbocycles. The summed E-state index contributed by atoms with van der Waals surface area (Å²) in [4.78, 5) is 0. The van der Waals surface area contributed by atoms with Crippen molar-refractivity contribution >= 4 is 63.9 Å². The van der Waals surface area contributed by atoms with Gasteiger partial charge in [0.25, 0.3) is 0 Å². The van der Waals surface area contributed by atoms with Crippen molar-refractivity contribution in [3.05, 3.63) is 81.8 Å². The number of rotatable bonds is 4. The second-order valence-electron chi connectivity index (χ2n) is 6.38. The minimum Gasteiger partial charge on any atom is -0.416 e. The standard InChI is InChI=1S/C21H14Cl3O3P/c1-28(25,26-18-4-2-3-16(22)11-18)27-19-9-15-7-13-5-6-17(23)8-14(13)10-20(15)21(24)12-19/h2-12H,1H3. The molecule has 0 aliphatic carbocycles. The van der Waals surface area contributed by atoms with Crippen molar-refractivity contribution in [1.29, 1.82) is 0 Å². The normalized spacial score (nSPS) is 13.4. The summed E-state index contributed by atoms with van der Waals surface area (Å²) in [5, 5.41) is 5.34. The zero-order valence-electron chi connectivity index (χ0n) is 14.7. The molecular weight excluding hydrogens is 438 g/mol. The Bertz CT molecular complexity index is 1260. The van der Waals surface area contributed by atoms with E-state index in [1.807, 2.05) is 30.3 Å². The van der Waals surface area contributed by atoms with E-state index in [9.17, 15) is 4.57 Å². The first-order chi connectivity index (χ1) is 13.3. The van der Waals surface area contributed by atoms with Gasteiger partial charge in [-0.15, -0.1) is 0 Å². The van der Waals surface area contributed by atoms with Gasteiger partial charge in [-0.2, -0.15) is 0 Å². The van der Waals surface area contributed by atoms with Crippen molar-refractivity contribution in [2.75, 3.05) is 6.66 Å². The molecule has 4 aromatic carbocycles. The molecule has 0 amide bonds. The van der Waals surface area contributed by atoms with Crippen molar-refractivity contribution in [2.24, 2.45) is 0 Å². The Balaban J connectivity index is 1.69. The van der Waals surface area contributed by atoms with Crippen LogP contribution in [0.5, 0.6) is 11.5 Å². The zero-order chi connectivity index (χ0) is 19.9. The first kappa shape index (κ1) is 19.4. The molecule has 1 unspecified atom stereocenters. The molecule has 3 nitrogen and oxygen atoms in total. The van der Waals surface area contributed by atoms with Crippen molar-refractivity contribution in [3.8, 4) is 11.5 Å². The lowest BCUT2D eigenvalue weighted by Crippen LogP contribution is -1.99. The van der Waals surface area contributed by atoms with Crippen LogP contribution in [0.25, 0.3) is 21.5 Å². The Morgan fingerprint density at radius 2 is 1.46 bits per heavy atom. The van der Waals surface area contributed by atoms with E-state index in [2.05, 4.69) is 0 Å². The maximum Gasteiger partial charge on any atom is 0.427 e. The summed E-state index contributed by atoms with van der Waals surface area (Å²) in [6, 6.07) is 19.7. The second-order valence-corrected chi connectivity index (χ2v) is 9.57. The summed E-state index contributed by atoms with van der Waals surface area (Å²) in [7, 11) is -3.44. The molecule has 0 saturated heterocycles. The molecule has 0 N–H and O–H groups in total. The van der Waals surface area contributed by atoms with E-state index in [4.69, 9.17) is 43.9 Å². The molecule has 0 aliphatic heterocycles. The van der Waals surface area contributed by atoms with Gasteiger partial charge in [-0.3, -0.25) is 0 Å². The first-order valence-corrected chi connectivity index (χ1v) is 11.5. The van der Waals surface area contributed by atoms with Gasteiger partial charge in [-0.1, -0.05) is 46.9 Å². The number of fused-ring (bicyclic) bond motifs is 2. The molecule has 0 radical (unpaired) electrons. The Hall–Kier alpha value is -1.90. The van der Waals surface area contributed by atoms with Gasteiger partial charge >= 0.3 is 7.60 Å². The fourth-order valence-corrected chi connectivity index (χ4v) is 4.64. The van der Waals surface area contributed by atoms with E-state index in [0.29, 0.717) is 26.6 Å². The van der Waals surface area contributed by atoms with Gasteiger partial charge in [-0.25, -0.2) is 4.57 Å². The molecule has 0 spiro atoms. The van der Waals surface area contributed by atoms with Crippen molar-refractivity contribution in [3.63, 3.8) is 0 Å². The van der Waals surface area contributed by atoms with Crippen LogP contribution in [0.2, 0.25) is 15.1 Å². The van der Waals surface area contributed by atoms with Crippen LogP contribution in [-0.2, 0) is 4.57 Å². The number of benzene rings is 4. The highest BCUT2D eigenvalue weighted by atomic mass is 35.5. The van der Waals surface area contributed by atoms with Gasteiger partial charge < -0.3 is 9.05 Å². The predicted octanol–water partition coefficient (Wildman–Crippen LogP) is 8.23. The highest BCUT2D eigenvalue weighted by Gasteiger charge is 2.21. The van der Waals surface area contributed by atoms with E-state index in [1.54, 1.807) is 36.4 Å². The SMILES string of the molecule is CP(=O)(Oc1cccc(Cl)c1)Oc1cc(Cl)c2cc3cc(Cl)ccc3cc2c1. The molecule has 7 heteroatoms. The maximum absolute atomic E-state index is 12.8. The fraction of sp³-hybridized carbons (Fsp3) is 0.0476. The Labute approximate surface area is 177 Å². The van der Waals surface area contributed by atoms with Gasteiger partial charge in [0.15, 0.2) is 0 Å². The summed E-state index contributed by atoms with van der Waals surface area (Å²) in [6.07, 6.45) is 0. The number of halogens is 3. The molecular formula is C21H14Cl3O3P. The molecule has 4 aromatic rings. The van der Waals surface area contributed by atoms with Crippen LogP contribution in [-0.4, -0.2) is 6.66 Å². The number of hydrogen-bond donors (Lipinski definition) is 0. The zero-order valence-corrected chi connectivity index (χ0v) is 17.8. The lowest BCUT2D eigenvalue weighted by atomic mass is 10.0. The fourth-order valence-electron chi connectivity index (χ4n) is 2.99. The molecule has 0 bridgehead atoms. The highest BCUT2D eigenvalue weighted by molar-refractivity contribution is 7.53. The van der Waals surface area contributed by atoms with E-state index < -0.39 is 7.60 Å². The smallest absolute Gasteiger partial charge is 0.416 e. The third kappa shape index (κ3) is 4.24. The lowest BCUT2D eigenvalue weighted by molar-refractivity contribution is 0.394. The third-order valence-corrected chi connectivity index (χ3v) is 6.00. The van der Waals surface area contributed by atoms with Gasteiger partial charge in [0.05, 0.1) is 11.7 Å². The quantitative estimate of drug-likeness (QED) is 0.231. The topological polar surface area (TPSA) is 35.5 Å².